The van der Waals surface area contributed by atoms with Crippen molar-refractivity contribution in [1.82, 2.24) is 5.43 Å². The van der Waals surface area contributed by atoms with Crippen LogP contribution in [0.4, 0.5) is 0 Å². The van der Waals surface area contributed by atoms with Crippen LogP contribution in [0.25, 0.3) is 0 Å². The Morgan fingerprint density at radius 2 is 2.05 bits per heavy atom. The van der Waals surface area contributed by atoms with Crippen molar-refractivity contribution in [3.8, 4) is 5.75 Å². The molecule has 108 valence electrons. The molecule has 6 heteroatoms. The summed E-state index contributed by atoms with van der Waals surface area (Å²) in [6.45, 7) is -0.0898. The molecule has 0 spiro atoms. The predicted octanol–water partition coefficient (Wildman–Crippen LogP) is 3.47. The third-order valence-electron chi connectivity index (χ3n) is 2.44. The fourth-order valence-electron chi connectivity index (χ4n) is 1.48. The van der Waals surface area contributed by atoms with Crippen LogP contribution >= 0.6 is 34.2 Å². The summed E-state index contributed by atoms with van der Waals surface area (Å²) in [4.78, 5) is 11.6. The van der Waals surface area contributed by atoms with Crippen LogP contribution < -0.4 is 10.2 Å². The highest BCUT2D eigenvalue weighted by Gasteiger charge is 2.01. The maximum absolute atomic E-state index is 11.6. The van der Waals surface area contributed by atoms with Crippen molar-refractivity contribution in [3.05, 3.63) is 62.7 Å². The summed E-state index contributed by atoms with van der Waals surface area (Å²) in [5, 5.41) is 4.46. The number of hydrogen-bond donors (Lipinski definition) is 1. The van der Waals surface area contributed by atoms with Gasteiger partial charge in [0.25, 0.3) is 5.91 Å². The minimum Gasteiger partial charge on any atom is -0.484 e. The first kappa shape index (κ1) is 15.8. The average Bonchev–Trinajstić information content (AvgIpc) is 2.47. The fraction of sp³-hybridized carbons (Fsp3) is 0.0667. The molecule has 21 heavy (non-hydrogen) atoms. The van der Waals surface area contributed by atoms with Crippen molar-refractivity contribution >= 4 is 46.3 Å². The van der Waals surface area contributed by atoms with E-state index in [1.165, 1.54) is 6.21 Å². The van der Waals surface area contributed by atoms with Gasteiger partial charge in [0.05, 0.1) is 6.21 Å². The molecule has 0 saturated carbocycles. The van der Waals surface area contributed by atoms with Crippen molar-refractivity contribution < 1.29 is 9.53 Å². The number of carbonyl (C=O) groups excluding carboxylic acids is 1. The average molecular weight is 415 g/mol. The van der Waals surface area contributed by atoms with Crippen molar-refractivity contribution in [2.45, 2.75) is 0 Å². The summed E-state index contributed by atoms with van der Waals surface area (Å²) in [5.41, 5.74) is 3.20. The fourth-order valence-corrected chi connectivity index (χ4v) is 2.04. The number of hydrazone groups is 1. The minimum absolute atomic E-state index is 0.0898. The van der Waals surface area contributed by atoms with Crippen molar-refractivity contribution in [3.63, 3.8) is 0 Å². The molecule has 0 aliphatic heterocycles. The molecule has 0 aliphatic rings. The van der Waals surface area contributed by atoms with E-state index >= 15 is 0 Å². The molecule has 0 atom stereocenters. The maximum atomic E-state index is 11.6. The van der Waals surface area contributed by atoms with Crippen molar-refractivity contribution in [2.24, 2.45) is 5.10 Å². The molecule has 0 heterocycles. The summed E-state index contributed by atoms with van der Waals surface area (Å²) in [5.74, 6) is 0.316. The molecule has 0 unspecified atom stereocenters. The molecule has 2 rings (SSSR count). The second-order valence-electron chi connectivity index (χ2n) is 4.09. The summed E-state index contributed by atoms with van der Waals surface area (Å²) in [7, 11) is 0. The van der Waals surface area contributed by atoms with Crippen molar-refractivity contribution in [2.75, 3.05) is 6.61 Å². The molecule has 1 N–H and O–H groups in total. The lowest BCUT2D eigenvalue weighted by molar-refractivity contribution is -0.123. The Kier molecular flexibility index (Phi) is 6.01. The highest BCUT2D eigenvalue weighted by Crippen LogP contribution is 2.13. The van der Waals surface area contributed by atoms with Gasteiger partial charge in [0.1, 0.15) is 5.75 Å². The van der Waals surface area contributed by atoms with Gasteiger partial charge in [-0.1, -0.05) is 23.7 Å². The first-order valence-electron chi connectivity index (χ1n) is 6.09. The van der Waals surface area contributed by atoms with Crippen LogP contribution in [-0.2, 0) is 4.79 Å². The zero-order valence-corrected chi connectivity index (χ0v) is 13.8. The van der Waals surface area contributed by atoms with Crippen LogP contribution in [0.15, 0.2) is 53.6 Å². The van der Waals surface area contributed by atoms with Gasteiger partial charge < -0.3 is 4.74 Å². The number of carbonyl (C=O) groups is 1. The highest BCUT2D eigenvalue weighted by molar-refractivity contribution is 14.1. The van der Waals surface area contributed by atoms with Gasteiger partial charge in [0.2, 0.25) is 0 Å². The smallest absolute Gasteiger partial charge is 0.277 e. The van der Waals surface area contributed by atoms with Crippen LogP contribution in [0.5, 0.6) is 5.75 Å². The Balaban J connectivity index is 1.78. The normalized spacial score (nSPS) is 10.6. The second kappa shape index (κ2) is 7.99. The third kappa shape index (κ3) is 5.73. The van der Waals surface area contributed by atoms with E-state index in [2.05, 4.69) is 33.1 Å². The van der Waals surface area contributed by atoms with Gasteiger partial charge in [-0.3, -0.25) is 4.79 Å². The van der Waals surface area contributed by atoms with Crippen LogP contribution in [0.3, 0.4) is 0 Å². The standard InChI is InChI=1S/C15H12ClIN2O2/c16-12-3-1-2-11(8-12)9-18-19-15(20)10-21-14-6-4-13(17)5-7-14/h1-9H,10H2,(H,19,20)/b18-9-. The second-order valence-corrected chi connectivity index (χ2v) is 5.77. The van der Waals surface area contributed by atoms with E-state index in [1.807, 2.05) is 36.4 Å². The number of ether oxygens (including phenoxy) is 1. The number of halogens is 2. The molecule has 1 amide bonds. The highest BCUT2D eigenvalue weighted by atomic mass is 127. The first-order chi connectivity index (χ1) is 10.1. The van der Waals surface area contributed by atoms with Gasteiger partial charge in [-0.2, -0.15) is 5.10 Å². The summed E-state index contributed by atoms with van der Waals surface area (Å²) < 4.78 is 6.44. The zero-order valence-electron chi connectivity index (χ0n) is 10.9. The van der Waals surface area contributed by atoms with Gasteiger partial charge in [-0.15, -0.1) is 0 Å². The number of hydrogen-bond acceptors (Lipinski definition) is 3. The third-order valence-corrected chi connectivity index (χ3v) is 3.39. The first-order valence-corrected chi connectivity index (χ1v) is 7.55. The topological polar surface area (TPSA) is 50.7 Å². The molecule has 0 aromatic heterocycles. The van der Waals surface area contributed by atoms with Gasteiger partial charge in [-0.25, -0.2) is 5.43 Å². The largest absolute Gasteiger partial charge is 0.484 e. The van der Waals surface area contributed by atoms with Crippen LogP contribution in [-0.4, -0.2) is 18.7 Å². The van der Waals surface area contributed by atoms with Crippen LogP contribution in [0.1, 0.15) is 5.56 Å². The SMILES string of the molecule is O=C(COc1ccc(I)cc1)N/N=C\c1cccc(Cl)c1. The maximum Gasteiger partial charge on any atom is 0.277 e. The van der Waals surface area contributed by atoms with Crippen LogP contribution in [0.2, 0.25) is 5.02 Å². The number of benzene rings is 2. The van der Waals surface area contributed by atoms with Gasteiger partial charge in [-0.05, 0) is 64.6 Å². The van der Waals surface area contributed by atoms with Gasteiger partial charge >= 0.3 is 0 Å². The molecular weight excluding hydrogens is 403 g/mol. The molecule has 0 fully saturated rings. The summed E-state index contributed by atoms with van der Waals surface area (Å²) in [6, 6.07) is 14.6. The number of rotatable bonds is 5. The predicted molar refractivity (Wildman–Crippen MR) is 91.8 cm³/mol. The number of nitrogens with one attached hydrogen (secondary N) is 1. The number of amides is 1. The van der Waals surface area contributed by atoms with Crippen molar-refractivity contribution in [1.29, 1.82) is 0 Å². The molecule has 0 saturated heterocycles. The van der Waals surface area contributed by atoms with Gasteiger partial charge in [0.15, 0.2) is 6.61 Å². The zero-order chi connectivity index (χ0) is 15.1. The molecule has 0 aliphatic carbocycles. The monoisotopic (exact) mass is 414 g/mol. The molecule has 0 radical (unpaired) electrons. The van der Waals surface area contributed by atoms with E-state index in [-0.39, 0.29) is 12.5 Å². The Morgan fingerprint density at radius 1 is 1.29 bits per heavy atom. The number of nitrogens with zero attached hydrogens (tertiary/aromatic N) is 1. The van der Waals surface area contributed by atoms with E-state index in [0.29, 0.717) is 10.8 Å². The molecular formula is C15H12ClIN2O2. The lowest BCUT2D eigenvalue weighted by atomic mass is 10.2. The Labute approximate surface area is 141 Å². The van der Waals surface area contributed by atoms with E-state index in [1.54, 1.807) is 12.1 Å². The Morgan fingerprint density at radius 3 is 2.76 bits per heavy atom. The van der Waals surface area contributed by atoms with E-state index in [4.69, 9.17) is 16.3 Å². The van der Waals surface area contributed by atoms with E-state index < -0.39 is 0 Å². The van der Waals surface area contributed by atoms with E-state index in [9.17, 15) is 4.79 Å². The van der Waals surface area contributed by atoms with Crippen LogP contribution in [0, 0.1) is 3.57 Å². The minimum atomic E-state index is -0.327. The molecule has 4 nitrogen and oxygen atoms in total. The molecule has 2 aromatic rings. The summed E-state index contributed by atoms with van der Waals surface area (Å²) in [6.07, 6.45) is 1.52. The molecule has 0 bridgehead atoms. The Hall–Kier alpha value is -1.60. The van der Waals surface area contributed by atoms with E-state index in [0.717, 1.165) is 9.13 Å². The lowest BCUT2D eigenvalue weighted by Gasteiger charge is -2.04. The summed E-state index contributed by atoms with van der Waals surface area (Å²) >= 11 is 8.05. The lowest BCUT2D eigenvalue weighted by Crippen LogP contribution is -2.24. The quantitative estimate of drug-likeness (QED) is 0.463. The molecule has 2 aromatic carbocycles. The van der Waals surface area contributed by atoms with Gasteiger partial charge in [0, 0.05) is 8.59 Å². The Bertz CT molecular complexity index is 644.